The van der Waals surface area contributed by atoms with Gasteiger partial charge in [0, 0.05) is 11.5 Å². The van der Waals surface area contributed by atoms with Gasteiger partial charge in [-0.3, -0.25) is 4.98 Å². The first-order chi connectivity index (χ1) is 6.90. The van der Waals surface area contributed by atoms with Crippen LogP contribution in [0.3, 0.4) is 0 Å². The monoisotopic (exact) mass is 255 g/mol. The topological polar surface area (TPSA) is 22.1 Å². The molecular weight excluding hydrogens is 242 g/mol. The van der Waals surface area contributed by atoms with E-state index in [0.717, 1.165) is 23.9 Å². The molecule has 1 saturated heterocycles. The maximum Gasteiger partial charge on any atom is 0.0998 e. The molecule has 2 nitrogen and oxygen atoms in total. The van der Waals surface area contributed by atoms with Crippen LogP contribution >= 0.6 is 15.9 Å². The van der Waals surface area contributed by atoms with E-state index in [-0.39, 0.29) is 6.10 Å². The van der Waals surface area contributed by atoms with Crippen molar-refractivity contribution < 1.29 is 4.74 Å². The number of pyridine rings is 1. The zero-order valence-corrected chi connectivity index (χ0v) is 9.61. The van der Waals surface area contributed by atoms with Crippen LogP contribution in [0, 0.1) is 0 Å². The number of halogens is 1. The van der Waals surface area contributed by atoms with Crippen molar-refractivity contribution in [2.75, 3.05) is 5.33 Å². The normalized spacial score (nSPS) is 27.5. The first kappa shape index (κ1) is 10.1. The van der Waals surface area contributed by atoms with Crippen LogP contribution in [0.1, 0.15) is 31.1 Å². The van der Waals surface area contributed by atoms with Gasteiger partial charge in [0.15, 0.2) is 0 Å². The van der Waals surface area contributed by atoms with Crippen molar-refractivity contribution in [2.24, 2.45) is 0 Å². The van der Waals surface area contributed by atoms with Gasteiger partial charge in [-0.15, -0.1) is 0 Å². The largest absolute Gasteiger partial charge is 0.368 e. The summed E-state index contributed by atoms with van der Waals surface area (Å²) in [6.45, 7) is 0. The second-order valence-electron chi connectivity index (χ2n) is 3.59. The van der Waals surface area contributed by atoms with Crippen molar-refractivity contribution in [1.29, 1.82) is 0 Å². The SMILES string of the molecule is BrCC1CCCC(c2ccccn2)O1. The van der Waals surface area contributed by atoms with E-state index < -0.39 is 0 Å². The zero-order valence-electron chi connectivity index (χ0n) is 8.03. The Hall–Kier alpha value is -0.410. The van der Waals surface area contributed by atoms with Crippen LogP contribution in [-0.4, -0.2) is 16.4 Å². The Kier molecular flexibility index (Phi) is 3.54. The lowest BCUT2D eigenvalue weighted by Crippen LogP contribution is -2.23. The predicted octanol–water partition coefficient (Wildman–Crippen LogP) is 3.09. The van der Waals surface area contributed by atoms with Gasteiger partial charge in [0.05, 0.1) is 17.9 Å². The molecule has 0 saturated carbocycles. The maximum absolute atomic E-state index is 5.91. The van der Waals surface area contributed by atoms with Gasteiger partial charge in [0.25, 0.3) is 0 Å². The summed E-state index contributed by atoms with van der Waals surface area (Å²) in [6.07, 6.45) is 5.88. The molecule has 14 heavy (non-hydrogen) atoms. The summed E-state index contributed by atoms with van der Waals surface area (Å²) < 4.78 is 5.91. The van der Waals surface area contributed by atoms with Crippen molar-refractivity contribution in [3.05, 3.63) is 30.1 Å². The summed E-state index contributed by atoms with van der Waals surface area (Å²) in [5.41, 5.74) is 1.07. The van der Waals surface area contributed by atoms with Crippen molar-refractivity contribution in [1.82, 2.24) is 4.98 Å². The Bertz CT molecular complexity index is 278. The van der Waals surface area contributed by atoms with E-state index in [1.165, 1.54) is 6.42 Å². The van der Waals surface area contributed by atoms with Gasteiger partial charge in [-0.25, -0.2) is 0 Å². The summed E-state index contributed by atoms with van der Waals surface area (Å²) in [7, 11) is 0. The summed E-state index contributed by atoms with van der Waals surface area (Å²) in [6, 6.07) is 6.00. The first-order valence-electron chi connectivity index (χ1n) is 5.02. The summed E-state index contributed by atoms with van der Waals surface area (Å²) in [5.74, 6) is 0. The van der Waals surface area contributed by atoms with Crippen LogP contribution in [0.5, 0.6) is 0 Å². The van der Waals surface area contributed by atoms with Gasteiger partial charge >= 0.3 is 0 Å². The molecule has 2 atom stereocenters. The third-order valence-corrected chi connectivity index (χ3v) is 3.26. The summed E-state index contributed by atoms with van der Waals surface area (Å²) in [5, 5.41) is 0.927. The van der Waals surface area contributed by atoms with Gasteiger partial charge in [0.1, 0.15) is 0 Å². The molecule has 0 amide bonds. The highest BCUT2D eigenvalue weighted by atomic mass is 79.9. The Morgan fingerprint density at radius 2 is 2.36 bits per heavy atom. The Balaban J connectivity index is 2.04. The second kappa shape index (κ2) is 4.89. The number of alkyl halides is 1. The molecule has 1 aromatic rings. The molecule has 1 aromatic heterocycles. The van der Waals surface area contributed by atoms with E-state index >= 15 is 0 Å². The number of rotatable bonds is 2. The molecule has 0 aromatic carbocycles. The fraction of sp³-hybridized carbons (Fsp3) is 0.545. The Morgan fingerprint density at radius 3 is 3.07 bits per heavy atom. The minimum absolute atomic E-state index is 0.201. The molecule has 2 rings (SSSR count). The van der Waals surface area contributed by atoms with Gasteiger partial charge < -0.3 is 4.74 Å². The highest BCUT2D eigenvalue weighted by molar-refractivity contribution is 9.09. The molecule has 0 aliphatic carbocycles. The number of hydrogen-bond donors (Lipinski definition) is 0. The first-order valence-corrected chi connectivity index (χ1v) is 6.14. The highest BCUT2D eigenvalue weighted by Crippen LogP contribution is 2.30. The number of ether oxygens (including phenoxy) is 1. The van der Waals surface area contributed by atoms with Gasteiger partial charge in [-0.2, -0.15) is 0 Å². The van der Waals surface area contributed by atoms with Crippen molar-refractivity contribution in [3.63, 3.8) is 0 Å². The molecule has 1 fully saturated rings. The smallest absolute Gasteiger partial charge is 0.0998 e. The second-order valence-corrected chi connectivity index (χ2v) is 4.23. The van der Waals surface area contributed by atoms with Gasteiger partial charge in [0.2, 0.25) is 0 Å². The van der Waals surface area contributed by atoms with Crippen LogP contribution in [0.4, 0.5) is 0 Å². The molecule has 2 heterocycles. The number of hydrogen-bond acceptors (Lipinski definition) is 2. The van der Waals surface area contributed by atoms with E-state index in [1.54, 1.807) is 0 Å². The summed E-state index contributed by atoms with van der Waals surface area (Å²) in [4.78, 5) is 4.33. The fourth-order valence-corrected chi connectivity index (χ4v) is 2.27. The minimum atomic E-state index is 0.201. The zero-order chi connectivity index (χ0) is 9.80. The van der Waals surface area contributed by atoms with Crippen molar-refractivity contribution in [2.45, 2.75) is 31.5 Å². The Morgan fingerprint density at radius 1 is 1.43 bits per heavy atom. The lowest BCUT2D eigenvalue weighted by atomic mass is 10.0. The molecule has 3 heteroatoms. The number of nitrogens with zero attached hydrogens (tertiary/aromatic N) is 1. The number of aromatic nitrogens is 1. The standard InChI is InChI=1S/C11H14BrNO/c12-8-9-4-3-6-11(14-9)10-5-1-2-7-13-10/h1-2,5,7,9,11H,3-4,6,8H2. The molecule has 0 bridgehead atoms. The molecule has 0 radical (unpaired) electrons. The van der Waals surface area contributed by atoms with Crippen LogP contribution in [-0.2, 0) is 4.74 Å². The van der Waals surface area contributed by atoms with Gasteiger partial charge in [-0.05, 0) is 31.4 Å². The average Bonchev–Trinajstić information content (AvgIpc) is 2.30. The lowest BCUT2D eigenvalue weighted by Gasteiger charge is -2.28. The van der Waals surface area contributed by atoms with Crippen LogP contribution in [0.25, 0.3) is 0 Å². The fourth-order valence-electron chi connectivity index (χ4n) is 1.80. The van der Waals surface area contributed by atoms with Crippen LogP contribution < -0.4 is 0 Å². The third kappa shape index (κ3) is 2.34. The highest BCUT2D eigenvalue weighted by Gasteiger charge is 2.23. The van der Waals surface area contributed by atoms with Crippen molar-refractivity contribution >= 4 is 15.9 Å². The molecule has 1 aliphatic heterocycles. The van der Waals surface area contributed by atoms with E-state index in [0.29, 0.717) is 6.10 Å². The third-order valence-electron chi connectivity index (χ3n) is 2.54. The lowest BCUT2D eigenvalue weighted by molar-refractivity contribution is -0.0405. The minimum Gasteiger partial charge on any atom is -0.368 e. The average molecular weight is 256 g/mol. The van der Waals surface area contributed by atoms with E-state index in [9.17, 15) is 0 Å². The maximum atomic E-state index is 5.91. The van der Waals surface area contributed by atoms with Gasteiger partial charge in [-0.1, -0.05) is 22.0 Å². The molecule has 2 unspecified atom stereocenters. The van der Waals surface area contributed by atoms with E-state index in [2.05, 4.69) is 20.9 Å². The Labute approximate surface area is 92.8 Å². The van der Waals surface area contributed by atoms with E-state index in [4.69, 9.17) is 4.74 Å². The molecule has 1 aliphatic rings. The van der Waals surface area contributed by atoms with E-state index in [1.807, 2.05) is 24.4 Å². The van der Waals surface area contributed by atoms with Crippen molar-refractivity contribution in [3.8, 4) is 0 Å². The summed E-state index contributed by atoms with van der Waals surface area (Å²) >= 11 is 3.47. The molecular formula is C11H14BrNO. The molecule has 0 spiro atoms. The van der Waals surface area contributed by atoms with Crippen LogP contribution in [0.15, 0.2) is 24.4 Å². The predicted molar refractivity (Wildman–Crippen MR) is 59.5 cm³/mol. The molecule has 76 valence electrons. The van der Waals surface area contributed by atoms with Crippen LogP contribution in [0.2, 0.25) is 0 Å². The molecule has 0 N–H and O–H groups in total. The quantitative estimate of drug-likeness (QED) is 0.758.